The molecule has 0 heterocycles. The number of nitrogens with one attached hydrogen (secondary N) is 3. The van der Waals surface area contributed by atoms with E-state index in [4.69, 9.17) is 0 Å². The molecule has 0 bridgehead atoms. The molecule has 0 spiro atoms. The molecule has 0 saturated carbocycles. The maximum Gasteiger partial charge on any atom is 0.215 e. The quantitative estimate of drug-likeness (QED) is 0.316. The van der Waals surface area contributed by atoms with Crippen LogP contribution in [0.3, 0.4) is 0 Å². The van der Waals surface area contributed by atoms with Crippen molar-refractivity contribution in [2.75, 3.05) is 13.6 Å². The largest absolute Gasteiger partial charge is 0.356 e. The molecule has 2 rings (SSSR count). The first-order valence-electron chi connectivity index (χ1n) is 9.98. The van der Waals surface area contributed by atoms with Gasteiger partial charge < -0.3 is 10.6 Å². The van der Waals surface area contributed by atoms with Gasteiger partial charge in [0.2, 0.25) is 10.0 Å². The summed E-state index contributed by atoms with van der Waals surface area (Å²) in [7, 11) is -1.83. The number of guanidine groups is 1. The van der Waals surface area contributed by atoms with Gasteiger partial charge in [0, 0.05) is 13.1 Å². The van der Waals surface area contributed by atoms with Crippen molar-refractivity contribution < 1.29 is 8.42 Å². The van der Waals surface area contributed by atoms with E-state index in [1.165, 1.54) is 18.2 Å². The third-order valence-corrected chi connectivity index (χ3v) is 5.85. The average Bonchev–Trinajstić information content (AvgIpc) is 2.72. The summed E-state index contributed by atoms with van der Waals surface area (Å²) in [6.45, 7) is 6.34. The molecule has 2 aromatic carbocycles. The molecule has 3 N–H and O–H groups in total. The van der Waals surface area contributed by atoms with Gasteiger partial charge in [-0.1, -0.05) is 67.4 Å². The van der Waals surface area contributed by atoms with Crippen molar-refractivity contribution in [2.45, 2.75) is 45.5 Å². The molecule has 158 valence electrons. The second kappa shape index (κ2) is 11.6. The van der Waals surface area contributed by atoms with Gasteiger partial charge in [0.25, 0.3) is 0 Å². The number of sulfonamides is 1. The van der Waals surface area contributed by atoms with Crippen LogP contribution >= 0.6 is 0 Å². The number of aryl methyl sites for hydroxylation is 1. The molecule has 0 aliphatic carbocycles. The van der Waals surface area contributed by atoms with E-state index in [1.807, 2.05) is 24.3 Å². The monoisotopic (exact) mass is 416 g/mol. The molecule has 6 nitrogen and oxygen atoms in total. The van der Waals surface area contributed by atoms with Crippen LogP contribution in [0.2, 0.25) is 0 Å². The third-order valence-electron chi connectivity index (χ3n) is 4.51. The molecule has 0 aliphatic rings. The minimum Gasteiger partial charge on any atom is -0.356 e. The van der Waals surface area contributed by atoms with Gasteiger partial charge >= 0.3 is 0 Å². The highest BCUT2D eigenvalue weighted by molar-refractivity contribution is 7.88. The number of unbranched alkanes of at least 4 members (excludes halogenated alkanes) is 1. The Morgan fingerprint density at radius 1 is 0.931 bits per heavy atom. The molecular weight excluding hydrogens is 384 g/mol. The van der Waals surface area contributed by atoms with Crippen molar-refractivity contribution in [3.05, 3.63) is 70.8 Å². The first kappa shape index (κ1) is 22.9. The lowest BCUT2D eigenvalue weighted by Crippen LogP contribution is -2.37. The molecule has 0 fully saturated rings. The molecule has 0 unspecified atom stereocenters. The number of hydrogen-bond acceptors (Lipinski definition) is 3. The molecule has 2 aromatic rings. The second-order valence-electron chi connectivity index (χ2n) is 7.06. The van der Waals surface area contributed by atoms with Crippen LogP contribution in [0.4, 0.5) is 0 Å². The SMILES string of the molecule is CCCCNC(=NCc1ccc(CS(=O)(=O)NC)cc1)NCc1ccc(C)cc1. The lowest BCUT2D eigenvalue weighted by Gasteiger charge is -2.13. The summed E-state index contributed by atoms with van der Waals surface area (Å²) >= 11 is 0. The van der Waals surface area contributed by atoms with E-state index in [-0.39, 0.29) is 5.75 Å². The number of nitrogens with zero attached hydrogens (tertiary/aromatic N) is 1. The van der Waals surface area contributed by atoms with Crippen molar-refractivity contribution in [3.8, 4) is 0 Å². The molecule has 29 heavy (non-hydrogen) atoms. The van der Waals surface area contributed by atoms with E-state index in [0.717, 1.165) is 36.5 Å². The van der Waals surface area contributed by atoms with Gasteiger partial charge in [-0.2, -0.15) is 0 Å². The maximum atomic E-state index is 11.7. The highest BCUT2D eigenvalue weighted by Gasteiger charge is 2.08. The number of benzene rings is 2. The Kier molecular flexibility index (Phi) is 9.15. The predicted octanol–water partition coefficient (Wildman–Crippen LogP) is 3.08. The summed E-state index contributed by atoms with van der Waals surface area (Å²) in [5.41, 5.74) is 4.23. The molecular formula is C22H32N4O2S. The zero-order valence-corrected chi connectivity index (χ0v) is 18.3. The Bertz CT molecular complexity index is 876. The van der Waals surface area contributed by atoms with Crippen LogP contribution < -0.4 is 15.4 Å². The minimum atomic E-state index is -3.26. The zero-order chi connectivity index (χ0) is 21.1. The Labute approximate surface area is 174 Å². The lowest BCUT2D eigenvalue weighted by atomic mass is 10.1. The standard InChI is InChI=1S/C22H32N4O2S/c1-4-5-14-24-22(25-15-19-8-6-18(2)7-9-19)26-16-20-10-12-21(13-11-20)17-29(27,28)23-3/h6-13,23H,4-5,14-17H2,1-3H3,(H2,24,25,26). The lowest BCUT2D eigenvalue weighted by molar-refractivity contribution is 0.587. The molecule has 0 saturated heterocycles. The minimum absolute atomic E-state index is 0.0189. The van der Waals surface area contributed by atoms with Gasteiger partial charge in [-0.3, -0.25) is 0 Å². The Morgan fingerprint density at radius 3 is 2.17 bits per heavy atom. The first-order chi connectivity index (χ1) is 13.9. The van der Waals surface area contributed by atoms with Gasteiger partial charge in [0.15, 0.2) is 5.96 Å². The van der Waals surface area contributed by atoms with E-state index in [0.29, 0.717) is 13.1 Å². The third kappa shape index (κ3) is 8.66. The van der Waals surface area contributed by atoms with Crippen LogP contribution in [0.25, 0.3) is 0 Å². The van der Waals surface area contributed by atoms with Crippen molar-refractivity contribution in [3.63, 3.8) is 0 Å². The summed E-state index contributed by atoms with van der Waals surface area (Å²) in [4.78, 5) is 4.68. The van der Waals surface area contributed by atoms with E-state index in [9.17, 15) is 8.42 Å². The molecule has 0 amide bonds. The van der Waals surface area contributed by atoms with Gasteiger partial charge in [0.05, 0.1) is 12.3 Å². The smallest absolute Gasteiger partial charge is 0.215 e. The van der Waals surface area contributed by atoms with Crippen molar-refractivity contribution in [2.24, 2.45) is 4.99 Å². The number of rotatable bonds is 10. The van der Waals surface area contributed by atoms with Gasteiger partial charge in [0.1, 0.15) is 0 Å². The van der Waals surface area contributed by atoms with Gasteiger partial charge in [-0.15, -0.1) is 0 Å². The molecule has 7 heteroatoms. The summed E-state index contributed by atoms with van der Waals surface area (Å²) in [6, 6.07) is 16.0. The fourth-order valence-electron chi connectivity index (χ4n) is 2.65. The van der Waals surface area contributed by atoms with Crippen LogP contribution in [0.15, 0.2) is 53.5 Å². The van der Waals surface area contributed by atoms with E-state index in [1.54, 1.807) is 0 Å². The summed E-state index contributed by atoms with van der Waals surface area (Å²) in [6.07, 6.45) is 2.20. The van der Waals surface area contributed by atoms with Crippen LogP contribution in [0.5, 0.6) is 0 Å². The molecule has 0 radical (unpaired) electrons. The van der Waals surface area contributed by atoms with Gasteiger partial charge in [-0.05, 0) is 37.1 Å². The van der Waals surface area contributed by atoms with E-state index in [2.05, 4.69) is 58.5 Å². The van der Waals surface area contributed by atoms with Crippen molar-refractivity contribution in [1.29, 1.82) is 0 Å². The Balaban J connectivity index is 1.98. The van der Waals surface area contributed by atoms with Crippen LogP contribution in [-0.2, 0) is 28.9 Å². The number of aliphatic imine (C=N–C) groups is 1. The van der Waals surface area contributed by atoms with Crippen molar-refractivity contribution in [1.82, 2.24) is 15.4 Å². The summed E-state index contributed by atoms with van der Waals surface area (Å²) in [5.74, 6) is 0.760. The highest BCUT2D eigenvalue weighted by atomic mass is 32.2. The Morgan fingerprint density at radius 2 is 1.55 bits per heavy atom. The van der Waals surface area contributed by atoms with Crippen LogP contribution in [0.1, 0.15) is 42.0 Å². The molecule has 0 aliphatic heterocycles. The molecule has 0 aromatic heterocycles. The fourth-order valence-corrected chi connectivity index (χ4v) is 3.43. The fraction of sp³-hybridized carbons (Fsp3) is 0.409. The first-order valence-corrected chi connectivity index (χ1v) is 11.6. The predicted molar refractivity (Wildman–Crippen MR) is 120 cm³/mol. The van der Waals surface area contributed by atoms with Crippen LogP contribution in [0, 0.1) is 6.92 Å². The zero-order valence-electron chi connectivity index (χ0n) is 17.5. The highest BCUT2D eigenvalue weighted by Crippen LogP contribution is 2.09. The van der Waals surface area contributed by atoms with Crippen LogP contribution in [-0.4, -0.2) is 28.0 Å². The van der Waals surface area contributed by atoms with Crippen molar-refractivity contribution >= 4 is 16.0 Å². The van der Waals surface area contributed by atoms with E-state index < -0.39 is 10.0 Å². The van der Waals surface area contributed by atoms with Gasteiger partial charge in [-0.25, -0.2) is 18.1 Å². The topological polar surface area (TPSA) is 82.6 Å². The summed E-state index contributed by atoms with van der Waals surface area (Å²) < 4.78 is 25.6. The summed E-state index contributed by atoms with van der Waals surface area (Å²) in [5, 5.41) is 6.76. The second-order valence-corrected chi connectivity index (χ2v) is 8.99. The van der Waals surface area contributed by atoms with E-state index >= 15 is 0 Å². The maximum absolute atomic E-state index is 11.7. The number of hydrogen-bond donors (Lipinski definition) is 3. The average molecular weight is 417 g/mol. The normalized spacial score (nSPS) is 12.0. The molecule has 0 atom stereocenters. The Hall–Kier alpha value is -2.38.